The lowest BCUT2D eigenvalue weighted by atomic mass is 10.0. The van der Waals surface area contributed by atoms with Gasteiger partial charge >= 0.3 is 5.97 Å². The molecular weight excluding hydrogens is 318 g/mol. The topological polar surface area (TPSA) is 72.3 Å². The van der Waals surface area contributed by atoms with E-state index in [0.29, 0.717) is 17.0 Å². The van der Waals surface area contributed by atoms with E-state index in [2.05, 4.69) is 9.97 Å². The number of aromatic nitrogens is 2. The third-order valence-corrected chi connectivity index (χ3v) is 3.56. The van der Waals surface area contributed by atoms with Crippen molar-refractivity contribution in [2.45, 2.75) is 6.42 Å². The van der Waals surface area contributed by atoms with Crippen LogP contribution < -0.4 is 4.74 Å². The number of rotatable bonds is 4. The zero-order chi connectivity index (χ0) is 17.3. The van der Waals surface area contributed by atoms with Crippen LogP contribution >= 0.6 is 0 Å². The van der Waals surface area contributed by atoms with Crippen molar-refractivity contribution in [3.05, 3.63) is 65.0 Å². The normalized spacial score (nSPS) is 10.8. The summed E-state index contributed by atoms with van der Waals surface area (Å²) in [6, 6.07) is 6.52. The van der Waals surface area contributed by atoms with Gasteiger partial charge in [-0.15, -0.1) is 0 Å². The van der Waals surface area contributed by atoms with Gasteiger partial charge in [-0.3, -0.25) is 0 Å². The Hall–Kier alpha value is -3.09. The number of halogens is 2. The second kappa shape index (κ2) is 6.19. The van der Waals surface area contributed by atoms with Crippen molar-refractivity contribution in [1.29, 1.82) is 0 Å². The molecule has 7 heteroatoms. The predicted octanol–water partition coefficient (Wildman–Crippen LogP) is 3.21. The predicted molar refractivity (Wildman–Crippen MR) is 82.2 cm³/mol. The van der Waals surface area contributed by atoms with E-state index in [4.69, 9.17) is 9.84 Å². The van der Waals surface area contributed by atoms with E-state index in [1.54, 1.807) is 12.1 Å². The molecule has 1 N–H and O–H groups in total. The van der Waals surface area contributed by atoms with Gasteiger partial charge in [0.15, 0.2) is 0 Å². The first-order valence-corrected chi connectivity index (χ1v) is 6.99. The van der Waals surface area contributed by atoms with E-state index >= 15 is 0 Å². The number of methoxy groups -OCH3 is 1. The number of aromatic carboxylic acids is 1. The number of ether oxygens (including phenoxy) is 1. The average molecular weight is 330 g/mol. The lowest BCUT2D eigenvalue weighted by Crippen LogP contribution is -2.05. The van der Waals surface area contributed by atoms with Gasteiger partial charge in [-0.1, -0.05) is 6.07 Å². The van der Waals surface area contributed by atoms with Crippen molar-refractivity contribution in [1.82, 2.24) is 9.97 Å². The van der Waals surface area contributed by atoms with Gasteiger partial charge in [0.05, 0.1) is 7.11 Å². The van der Waals surface area contributed by atoms with Crippen molar-refractivity contribution >= 4 is 16.9 Å². The molecule has 1 aromatic carbocycles. The van der Waals surface area contributed by atoms with Gasteiger partial charge in [0.1, 0.15) is 22.8 Å². The number of nitrogens with zero attached hydrogens (tertiary/aromatic N) is 2. The Kier molecular flexibility index (Phi) is 4.07. The molecule has 0 bridgehead atoms. The smallest absolute Gasteiger partial charge is 0.354 e. The maximum Gasteiger partial charge on any atom is 0.354 e. The number of carbonyl (C=O) groups is 1. The van der Waals surface area contributed by atoms with E-state index in [9.17, 15) is 13.6 Å². The first-order valence-electron chi connectivity index (χ1n) is 6.99. The van der Waals surface area contributed by atoms with E-state index in [1.807, 2.05) is 0 Å². The molecule has 3 aromatic rings. The summed E-state index contributed by atoms with van der Waals surface area (Å²) < 4.78 is 33.1. The fraction of sp³-hybridized carbons (Fsp3) is 0.118. The summed E-state index contributed by atoms with van der Waals surface area (Å²) in [5.41, 5.74) is 0.375. The third kappa shape index (κ3) is 2.88. The standard InChI is InChI=1S/C17H12F2N2O3/c1-24-14-5-2-9(8-20-14)6-10-7-13(17(22)23)21-16-12(19)4-3-11(18)15(10)16/h2-5,7-8H,6H2,1H3,(H,22,23). The molecule has 0 aliphatic heterocycles. The highest BCUT2D eigenvalue weighted by Crippen LogP contribution is 2.26. The summed E-state index contributed by atoms with van der Waals surface area (Å²) in [5, 5.41) is 9.12. The molecule has 2 aromatic heterocycles. The van der Waals surface area contributed by atoms with Crippen molar-refractivity contribution in [3.8, 4) is 5.88 Å². The van der Waals surface area contributed by atoms with Crippen LogP contribution in [0, 0.1) is 11.6 Å². The highest BCUT2D eigenvalue weighted by molar-refractivity contribution is 5.92. The Morgan fingerprint density at radius 3 is 2.58 bits per heavy atom. The van der Waals surface area contributed by atoms with Gasteiger partial charge in [0.25, 0.3) is 0 Å². The van der Waals surface area contributed by atoms with Crippen LogP contribution in [0.5, 0.6) is 5.88 Å². The monoisotopic (exact) mass is 330 g/mol. The Morgan fingerprint density at radius 1 is 1.21 bits per heavy atom. The second-order valence-corrected chi connectivity index (χ2v) is 5.11. The molecule has 0 aliphatic rings. The molecule has 0 saturated carbocycles. The number of hydrogen-bond acceptors (Lipinski definition) is 4. The summed E-state index contributed by atoms with van der Waals surface area (Å²) in [7, 11) is 1.48. The summed E-state index contributed by atoms with van der Waals surface area (Å²) in [6.07, 6.45) is 1.71. The van der Waals surface area contributed by atoms with Crippen LogP contribution in [0.3, 0.4) is 0 Å². The number of carboxylic acids is 1. The minimum absolute atomic E-state index is 0.0316. The summed E-state index contributed by atoms with van der Waals surface area (Å²) >= 11 is 0. The quantitative estimate of drug-likeness (QED) is 0.795. The highest BCUT2D eigenvalue weighted by atomic mass is 19.1. The van der Waals surface area contributed by atoms with E-state index < -0.39 is 17.6 Å². The zero-order valence-electron chi connectivity index (χ0n) is 12.6. The molecule has 0 radical (unpaired) electrons. The van der Waals surface area contributed by atoms with E-state index in [0.717, 1.165) is 12.1 Å². The molecule has 0 spiro atoms. The molecule has 0 atom stereocenters. The molecule has 122 valence electrons. The van der Waals surface area contributed by atoms with Crippen LogP contribution in [-0.2, 0) is 6.42 Å². The van der Waals surface area contributed by atoms with Crippen molar-refractivity contribution in [2.75, 3.05) is 7.11 Å². The van der Waals surface area contributed by atoms with Crippen LogP contribution in [0.1, 0.15) is 21.6 Å². The van der Waals surface area contributed by atoms with Gasteiger partial charge in [-0.05, 0) is 35.7 Å². The number of pyridine rings is 2. The van der Waals surface area contributed by atoms with Crippen LogP contribution in [0.25, 0.3) is 10.9 Å². The molecule has 0 saturated heterocycles. The van der Waals surface area contributed by atoms with Crippen LogP contribution in [0.4, 0.5) is 8.78 Å². The zero-order valence-corrected chi connectivity index (χ0v) is 12.6. The summed E-state index contributed by atoms with van der Waals surface area (Å²) in [5.74, 6) is -2.33. The van der Waals surface area contributed by atoms with Gasteiger partial charge < -0.3 is 9.84 Å². The molecule has 5 nitrogen and oxygen atoms in total. The Morgan fingerprint density at radius 2 is 1.96 bits per heavy atom. The average Bonchev–Trinajstić information content (AvgIpc) is 2.58. The fourth-order valence-electron chi connectivity index (χ4n) is 2.45. The van der Waals surface area contributed by atoms with Crippen LogP contribution in [-0.4, -0.2) is 28.2 Å². The first-order chi connectivity index (χ1) is 11.5. The number of benzene rings is 1. The molecule has 2 heterocycles. The molecule has 0 fully saturated rings. The van der Waals surface area contributed by atoms with Gasteiger partial charge in [-0.2, -0.15) is 0 Å². The summed E-state index contributed by atoms with van der Waals surface area (Å²) in [6.45, 7) is 0. The minimum atomic E-state index is -1.31. The number of hydrogen-bond donors (Lipinski definition) is 1. The molecule has 24 heavy (non-hydrogen) atoms. The second-order valence-electron chi connectivity index (χ2n) is 5.11. The van der Waals surface area contributed by atoms with Gasteiger partial charge in [-0.25, -0.2) is 23.5 Å². The van der Waals surface area contributed by atoms with Gasteiger partial charge in [0, 0.05) is 17.6 Å². The Balaban J connectivity index is 2.17. The largest absolute Gasteiger partial charge is 0.481 e. The van der Waals surface area contributed by atoms with Crippen molar-refractivity contribution in [3.63, 3.8) is 0 Å². The van der Waals surface area contributed by atoms with Gasteiger partial charge in [0.2, 0.25) is 5.88 Å². The summed E-state index contributed by atoms with van der Waals surface area (Å²) in [4.78, 5) is 19.0. The van der Waals surface area contributed by atoms with Crippen LogP contribution in [0.15, 0.2) is 36.5 Å². The molecule has 0 amide bonds. The fourth-order valence-corrected chi connectivity index (χ4v) is 2.45. The molecule has 0 aliphatic carbocycles. The SMILES string of the molecule is COc1ccc(Cc2cc(C(=O)O)nc3c(F)ccc(F)c23)cn1. The van der Waals surface area contributed by atoms with E-state index in [1.165, 1.54) is 19.4 Å². The maximum absolute atomic E-state index is 14.2. The maximum atomic E-state index is 14.2. The van der Waals surface area contributed by atoms with Crippen molar-refractivity contribution < 1.29 is 23.4 Å². The van der Waals surface area contributed by atoms with Crippen LogP contribution in [0.2, 0.25) is 0 Å². The minimum Gasteiger partial charge on any atom is -0.481 e. The lowest BCUT2D eigenvalue weighted by molar-refractivity contribution is 0.0691. The first kappa shape index (κ1) is 15.8. The van der Waals surface area contributed by atoms with Crippen molar-refractivity contribution in [2.24, 2.45) is 0 Å². The lowest BCUT2D eigenvalue weighted by Gasteiger charge is -2.10. The Bertz CT molecular complexity index is 927. The molecule has 3 rings (SSSR count). The molecular formula is C17H12F2N2O3. The molecule has 0 unspecified atom stereocenters. The Labute approximate surface area is 135 Å². The van der Waals surface area contributed by atoms with E-state index in [-0.39, 0.29) is 23.0 Å². The number of carboxylic acid groups (broad SMARTS) is 1. The third-order valence-electron chi connectivity index (χ3n) is 3.56. The number of fused-ring (bicyclic) bond motifs is 1. The highest BCUT2D eigenvalue weighted by Gasteiger charge is 2.17.